The zero-order valence-electron chi connectivity index (χ0n) is 14.0. The van der Waals surface area contributed by atoms with Crippen molar-refractivity contribution in [2.75, 3.05) is 6.54 Å². The molecule has 7 heteroatoms. The van der Waals surface area contributed by atoms with E-state index in [1.807, 2.05) is 26.2 Å². The average Bonchev–Trinajstić information content (AvgIpc) is 3.02. The van der Waals surface area contributed by atoms with Crippen LogP contribution in [0.15, 0.2) is 35.2 Å². The molecule has 0 saturated carbocycles. The number of hydrogen-bond donors (Lipinski definition) is 2. The van der Waals surface area contributed by atoms with Gasteiger partial charge in [0.2, 0.25) is 5.91 Å². The standard InChI is InChI=1S/C17H21N3O3S/c1-17(2,3)20-15(21)8-18-16(22)12-5-4-6-14(7-12)23-9-13-10-24-11-19-13/h4-7,10-11H,8-9H2,1-3H3,(H,18,22)(H,20,21). The minimum Gasteiger partial charge on any atom is -0.487 e. The molecule has 0 aliphatic carbocycles. The fourth-order valence-corrected chi connectivity index (χ4v) is 2.46. The van der Waals surface area contributed by atoms with Gasteiger partial charge in [-0.15, -0.1) is 11.3 Å². The molecule has 128 valence electrons. The molecule has 0 unspecified atom stereocenters. The monoisotopic (exact) mass is 347 g/mol. The molecule has 0 aliphatic rings. The highest BCUT2D eigenvalue weighted by Gasteiger charge is 2.15. The lowest BCUT2D eigenvalue weighted by Crippen LogP contribution is -2.45. The Morgan fingerprint density at radius 1 is 1.29 bits per heavy atom. The summed E-state index contributed by atoms with van der Waals surface area (Å²) < 4.78 is 5.62. The SMILES string of the molecule is CC(C)(C)NC(=O)CNC(=O)c1cccc(OCc2cscn2)c1. The van der Waals surface area contributed by atoms with Crippen molar-refractivity contribution in [2.24, 2.45) is 0 Å². The number of nitrogens with zero attached hydrogens (tertiary/aromatic N) is 1. The van der Waals surface area contributed by atoms with E-state index < -0.39 is 0 Å². The number of hydrogen-bond acceptors (Lipinski definition) is 5. The van der Waals surface area contributed by atoms with E-state index in [1.54, 1.807) is 29.8 Å². The minimum atomic E-state index is -0.328. The first-order valence-electron chi connectivity index (χ1n) is 7.52. The van der Waals surface area contributed by atoms with Crippen molar-refractivity contribution in [1.29, 1.82) is 0 Å². The van der Waals surface area contributed by atoms with Crippen LogP contribution in [0.1, 0.15) is 36.8 Å². The number of carbonyl (C=O) groups is 2. The van der Waals surface area contributed by atoms with Crippen LogP contribution in [0, 0.1) is 0 Å². The maximum Gasteiger partial charge on any atom is 0.251 e. The number of thiazole rings is 1. The molecule has 2 amide bonds. The number of rotatable bonds is 6. The number of aromatic nitrogens is 1. The van der Waals surface area contributed by atoms with Gasteiger partial charge in [-0.3, -0.25) is 9.59 Å². The molecule has 0 fully saturated rings. The van der Waals surface area contributed by atoms with E-state index in [4.69, 9.17) is 4.74 Å². The highest BCUT2D eigenvalue weighted by Crippen LogP contribution is 2.15. The summed E-state index contributed by atoms with van der Waals surface area (Å²) >= 11 is 1.50. The Bertz CT molecular complexity index is 693. The zero-order chi connectivity index (χ0) is 17.6. The molecule has 0 atom stereocenters. The third-order valence-corrected chi connectivity index (χ3v) is 3.53. The molecule has 24 heavy (non-hydrogen) atoms. The number of benzene rings is 1. The molecule has 1 heterocycles. The molecule has 1 aromatic carbocycles. The van der Waals surface area contributed by atoms with Gasteiger partial charge in [-0.05, 0) is 39.0 Å². The zero-order valence-corrected chi connectivity index (χ0v) is 14.8. The lowest BCUT2D eigenvalue weighted by molar-refractivity contribution is -0.121. The van der Waals surface area contributed by atoms with Crippen LogP contribution < -0.4 is 15.4 Å². The van der Waals surface area contributed by atoms with Crippen LogP contribution >= 0.6 is 11.3 Å². The smallest absolute Gasteiger partial charge is 0.251 e. The molecule has 2 N–H and O–H groups in total. The summed E-state index contributed by atoms with van der Waals surface area (Å²) in [6, 6.07) is 6.83. The average molecular weight is 347 g/mol. The van der Waals surface area contributed by atoms with Gasteiger partial charge in [0, 0.05) is 16.5 Å². The van der Waals surface area contributed by atoms with Crippen LogP contribution in [0.4, 0.5) is 0 Å². The second-order valence-corrected chi connectivity index (χ2v) is 7.00. The van der Waals surface area contributed by atoms with Crippen LogP contribution in [0.2, 0.25) is 0 Å². The summed E-state index contributed by atoms with van der Waals surface area (Å²) in [5, 5.41) is 7.30. The fraction of sp³-hybridized carbons (Fsp3) is 0.353. The molecule has 2 rings (SSSR count). The number of amides is 2. The van der Waals surface area contributed by atoms with Crippen molar-refractivity contribution in [3.63, 3.8) is 0 Å². The van der Waals surface area contributed by atoms with Gasteiger partial charge in [-0.2, -0.15) is 0 Å². The van der Waals surface area contributed by atoms with Gasteiger partial charge >= 0.3 is 0 Å². The summed E-state index contributed by atoms with van der Waals surface area (Å²) in [4.78, 5) is 28.0. The van der Waals surface area contributed by atoms with Gasteiger partial charge in [-0.1, -0.05) is 6.07 Å². The third-order valence-electron chi connectivity index (χ3n) is 2.89. The van der Waals surface area contributed by atoms with Crippen molar-refractivity contribution < 1.29 is 14.3 Å². The molecule has 2 aromatic rings. The Hall–Kier alpha value is -2.41. The molecular formula is C17H21N3O3S. The number of nitrogens with one attached hydrogen (secondary N) is 2. The molecule has 1 aromatic heterocycles. The number of ether oxygens (including phenoxy) is 1. The van der Waals surface area contributed by atoms with E-state index in [0.717, 1.165) is 5.69 Å². The maximum atomic E-state index is 12.1. The first kappa shape index (κ1) is 17.9. The highest BCUT2D eigenvalue weighted by atomic mass is 32.1. The third kappa shape index (κ3) is 6.00. The Morgan fingerprint density at radius 3 is 2.75 bits per heavy atom. The van der Waals surface area contributed by atoms with Crippen LogP contribution in [0.25, 0.3) is 0 Å². The lowest BCUT2D eigenvalue weighted by atomic mass is 10.1. The van der Waals surface area contributed by atoms with Crippen molar-refractivity contribution in [3.05, 3.63) is 46.4 Å². The first-order valence-corrected chi connectivity index (χ1v) is 8.47. The van der Waals surface area contributed by atoms with E-state index in [-0.39, 0.29) is 23.9 Å². The van der Waals surface area contributed by atoms with Crippen molar-refractivity contribution in [2.45, 2.75) is 32.9 Å². The molecule has 0 bridgehead atoms. The van der Waals surface area contributed by atoms with Gasteiger partial charge in [0.15, 0.2) is 0 Å². The van der Waals surface area contributed by atoms with Gasteiger partial charge in [-0.25, -0.2) is 4.98 Å². The Balaban J connectivity index is 1.88. The number of carbonyl (C=O) groups excluding carboxylic acids is 2. The fourth-order valence-electron chi connectivity index (χ4n) is 1.92. The molecule has 0 radical (unpaired) electrons. The van der Waals surface area contributed by atoms with Crippen molar-refractivity contribution >= 4 is 23.2 Å². The van der Waals surface area contributed by atoms with E-state index >= 15 is 0 Å². The first-order chi connectivity index (χ1) is 11.3. The van der Waals surface area contributed by atoms with Crippen LogP contribution in [-0.2, 0) is 11.4 Å². The highest BCUT2D eigenvalue weighted by molar-refractivity contribution is 7.07. The normalized spacial score (nSPS) is 11.0. The molecular weight excluding hydrogens is 326 g/mol. The second-order valence-electron chi connectivity index (χ2n) is 6.28. The van der Waals surface area contributed by atoms with E-state index in [1.165, 1.54) is 11.3 Å². The molecule has 0 spiro atoms. The van der Waals surface area contributed by atoms with Gasteiger partial charge in [0.05, 0.1) is 17.7 Å². The van der Waals surface area contributed by atoms with E-state index in [0.29, 0.717) is 17.9 Å². The predicted octanol–water partition coefficient (Wildman–Crippen LogP) is 2.37. The van der Waals surface area contributed by atoms with Crippen molar-refractivity contribution in [1.82, 2.24) is 15.6 Å². The second kappa shape index (κ2) is 7.92. The van der Waals surface area contributed by atoms with Crippen LogP contribution in [0.3, 0.4) is 0 Å². The largest absolute Gasteiger partial charge is 0.487 e. The van der Waals surface area contributed by atoms with Crippen LogP contribution in [-0.4, -0.2) is 28.9 Å². The quantitative estimate of drug-likeness (QED) is 0.841. The molecule has 0 saturated heterocycles. The minimum absolute atomic E-state index is 0.0694. The molecule has 0 aliphatic heterocycles. The van der Waals surface area contributed by atoms with Crippen LogP contribution in [0.5, 0.6) is 5.75 Å². The lowest BCUT2D eigenvalue weighted by Gasteiger charge is -2.20. The van der Waals surface area contributed by atoms with E-state index in [9.17, 15) is 9.59 Å². The summed E-state index contributed by atoms with van der Waals surface area (Å²) in [6.45, 7) is 5.93. The topological polar surface area (TPSA) is 80.3 Å². The Kier molecular flexibility index (Phi) is 5.92. The maximum absolute atomic E-state index is 12.1. The predicted molar refractivity (Wildman–Crippen MR) is 93.1 cm³/mol. The Morgan fingerprint density at radius 2 is 2.08 bits per heavy atom. The summed E-state index contributed by atoms with van der Waals surface area (Å²) in [7, 11) is 0. The summed E-state index contributed by atoms with van der Waals surface area (Å²) in [5.41, 5.74) is 2.69. The summed E-state index contributed by atoms with van der Waals surface area (Å²) in [5.74, 6) is 0.0275. The molecule has 6 nitrogen and oxygen atoms in total. The Labute approximate surface area is 145 Å². The van der Waals surface area contributed by atoms with Gasteiger partial charge in [0.1, 0.15) is 12.4 Å². The summed E-state index contributed by atoms with van der Waals surface area (Å²) in [6.07, 6.45) is 0. The van der Waals surface area contributed by atoms with Gasteiger partial charge < -0.3 is 15.4 Å². The van der Waals surface area contributed by atoms with Gasteiger partial charge in [0.25, 0.3) is 5.91 Å². The van der Waals surface area contributed by atoms with E-state index in [2.05, 4.69) is 15.6 Å². The van der Waals surface area contributed by atoms with Crippen molar-refractivity contribution in [3.8, 4) is 5.75 Å².